The summed E-state index contributed by atoms with van der Waals surface area (Å²) in [6, 6.07) is 1.34. The molecule has 1 fully saturated rings. The van der Waals surface area contributed by atoms with Crippen molar-refractivity contribution in [2.45, 2.75) is 38.0 Å². The molecule has 3 N–H and O–H groups in total. The van der Waals surface area contributed by atoms with Gasteiger partial charge in [-0.2, -0.15) is 5.10 Å². The Balaban J connectivity index is 1.85. The number of aromatic nitrogens is 2. The molecule has 0 saturated heterocycles. The van der Waals surface area contributed by atoms with Crippen molar-refractivity contribution in [2.24, 2.45) is 0 Å². The molecule has 1 aliphatic carbocycles. The van der Waals surface area contributed by atoms with Gasteiger partial charge in [0.15, 0.2) is 0 Å². The number of carboxylic acids is 1. The van der Waals surface area contributed by atoms with Gasteiger partial charge in [-0.3, -0.25) is 9.48 Å². The highest BCUT2D eigenvalue weighted by molar-refractivity contribution is 5.75. The fourth-order valence-electron chi connectivity index (χ4n) is 2.43. The molecule has 1 saturated carbocycles. The molecule has 0 spiro atoms. The Morgan fingerprint density at radius 3 is 2.95 bits per heavy atom. The molecule has 2 amide bonds. The first kappa shape index (κ1) is 15.3. The molecule has 1 aromatic heterocycles. The fourth-order valence-corrected chi connectivity index (χ4v) is 2.43. The SMILES string of the molecule is CCOC1CC(NC(=O)NCCC(=O)O)C1n1cccn1. The molecule has 0 aliphatic heterocycles. The van der Waals surface area contributed by atoms with Crippen LogP contribution in [0.5, 0.6) is 0 Å². The van der Waals surface area contributed by atoms with Gasteiger partial charge in [0.25, 0.3) is 0 Å². The molecule has 1 heterocycles. The summed E-state index contributed by atoms with van der Waals surface area (Å²) >= 11 is 0. The lowest BCUT2D eigenvalue weighted by Gasteiger charge is -2.44. The van der Waals surface area contributed by atoms with E-state index in [1.54, 1.807) is 10.9 Å². The molecule has 3 atom stereocenters. The molecule has 1 aromatic rings. The third-order valence-corrected chi connectivity index (χ3v) is 3.43. The number of hydrogen-bond donors (Lipinski definition) is 3. The lowest BCUT2D eigenvalue weighted by Crippen LogP contribution is -2.58. The van der Waals surface area contributed by atoms with Gasteiger partial charge < -0.3 is 20.5 Å². The Labute approximate surface area is 122 Å². The van der Waals surface area contributed by atoms with E-state index in [2.05, 4.69) is 15.7 Å². The third kappa shape index (κ3) is 3.94. The Hall–Kier alpha value is -2.09. The maximum Gasteiger partial charge on any atom is 0.315 e. The zero-order valence-corrected chi connectivity index (χ0v) is 11.9. The molecule has 8 heteroatoms. The van der Waals surface area contributed by atoms with E-state index in [4.69, 9.17) is 9.84 Å². The van der Waals surface area contributed by atoms with Crippen molar-refractivity contribution >= 4 is 12.0 Å². The molecule has 1 aliphatic rings. The normalized spacial score (nSPS) is 24.1. The van der Waals surface area contributed by atoms with Gasteiger partial charge in [-0.15, -0.1) is 0 Å². The van der Waals surface area contributed by atoms with Crippen molar-refractivity contribution in [2.75, 3.05) is 13.2 Å². The summed E-state index contributed by atoms with van der Waals surface area (Å²) in [6.45, 7) is 2.65. The van der Waals surface area contributed by atoms with Gasteiger partial charge in [0, 0.05) is 25.5 Å². The summed E-state index contributed by atoms with van der Waals surface area (Å²) in [5, 5.41) is 18.1. The molecule has 2 rings (SSSR count). The number of urea groups is 1. The molecular weight excluding hydrogens is 276 g/mol. The first-order valence-electron chi connectivity index (χ1n) is 6.98. The van der Waals surface area contributed by atoms with Crippen LogP contribution in [0.3, 0.4) is 0 Å². The summed E-state index contributed by atoms with van der Waals surface area (Å²) in [5.74, 6) is -0.940. The Kier molecular flexibility index (Phi) is 5.15. The van der Waals surface area contributed by atoms with Crippen molar-refractivity contribution in [3.05, 3.63) is 18.5 Å². The predicted octanol–water partition coefficient (Wildman–Crippen LogP) is 0.376. The lowest BCUT2D eigenvalue weighted by atomic mass is 9.83. The Morgan fingerprint density at radius 2 is 2.33 bits per heavy atom. The van der Waals surface area contributed by atoms with Crippen LogP contribution in [0.25, 0.3) is 0 Å². The first-order chi connectivity index (χ1) is 10.1. The molecule has 0 radical (unpaired) electrons. The van der Waals surface area contributed by atoms with Crippen LogP contribution in [0.15, 0.2) is 18.5 Å². The molecule has 8 nitrogen and oxygen atoms in total. The largest absolute Gasteiger partial charge is 0.481 e. The number of aliphatic carboxylic acids is 1. The summed E-state index contributed by atoms with van der Waals surface area (Å²) in [7, 11) is 0. The van der Waals surface area contributed by atoms with Crippen LogP contribution in [0.4, 0.5) is 4.79 Å². The Morgan fingerprint density at radius 1 is 1.52 bits per heavy atom. The Bertz CT molecular complexity index is 477. The average Bonchev–Trinajstić information content (AvgIpc) is 2.90. The number of carbonyl (C=O) groups excluding carboxylic acids is 1. The highest BCUT2D eigenvalue weighted by Crippen LogP contribution is 2.34. The predicted molar refractivity (Wildman–Crippen MR) is 73.9 cm³/mol. The van der Waals surface area contributed by atoms with Crippen molar-refractivity contribution in [3.8, 4) is 0 Å². The highest BCUT2D eigenvalue weighted by atomic mass is 16.5. The van der Waals surface area contributed by atoms with E-state index >= 15 is 0 Å². The summed E-state index contributed by atoms with van der Waals surface area (Å²) in [5.41, 5.74) is 0. The van der Waals surface area contributed by atoms with Crippen LogP contribution in [0.1, 0.15) is 25.8 Å². The number of nitrogens with one attached hydrogen (secondary N) is 2. The van der Waals surface area contributed by atoms with Crippen LogP contribution in [0, 0.1) is 0 Å². The van der Waals surface area contributed by atoms with Gasteiger partial charge in [-0.25, -0.2) is 4.79 Å². The minimum atomic E-state index is -0.940. The third-order valence-electron chi connectivity index (χ3n) is 3.43. The second kappa shape index (κ2) is 7.07. The average molecular weight is 296 g/mol. The van der Waals surface area contributed by atoms with Crippen molar-refractivity contribution < 1.29 is 19.4 Å². The summed E-state index contributed by atoms with van der Waals surface area (Å²) in [4.78, 5) is 22.1. The quantitative estimate of drug-likeness (QED) is 0.674. The second-order valence-corrected chi connectivity index (χ2v) is 4.86. The van der Waals surface area contributed by atoms with Crippen molar-refractivity contribution in [3.63, 3.8) is 0 Å². The number of rotatable bonds is 7. The molecule has 3 unspecified atom stereocenters. The molecule has 116 valence electrons. The van der Waals surface area contributed by atoms with E-state index in [1.807, 2.05) is 19.2 Å². The fraction of sp³-hybridized carbons (Fsp3) is 0.615. The van der Waals surface area contributed by atoms with E-state index in [0.717, 1.165) is 0 Å². The van der Waals surface area contributed by atoms with Gasteiger partial charge in [-0.1, -0.05) is 0 Å². The van der Waals surface area contributed by atoms with E-state index < -0.39 is 5.97 Å². The maximum atomic E-state index is 11.7. The van der Waals surface area contributed by atoms with Gasteiger partial charge >= 0.3 is 12.0 Å². The van der Waals surface area contributed by atoms with E-state index in [1.165, 1.54) is 0 Å². The van der Waals surface area contributed by atoms with Crippen molar-refractivity contribution in [1.82, 2.24) is 20.4 Å². The lowest BCUT2D eigenvalue weighted by molar-refractivity contribution is -0.136. The minimum absolute atomic E-state index is 0.0271. The monoisotopic (exact) mass is 296 g/mol. The first-order valence-corrected chi connectivity index (χ1v) is 6.98. The van der Waals surface area contributed by atoms with Crippen LogP contribution in [-0.2, 0) is 9.53 Å². The van der Waals surface area contributed by atoms with Crippen LogP contribution in [-0.4, -0.2) is 52.2 Å². The number of ether oxygens (including phenoxy) is 1. The van der Waals surface area contributed by atoms with E-state index in [-0.39, 0.29) is 37.2 Å². The van der Waals surface area contributed by atoms with Crippen LogP contribution < -0.4 is 10.6 Å². The number of amides is 2. The maximum absolute atomic E-state index is 11.7. The summed E-state index contributed by atoms with van der Waals surface area (Å²) < 4.78 is 7.41. The number of nitrogens with zero attached hydrogens (tertiary/aromatic N) is 2. The zero-order valence-electron chi connectivity index (χ0n) is 11.9. The smallest absolute Gasteiger partial charge is 0.315 e. The number of carboxylic acid groups (broad SMARTS) is 1. The summed E-state index contributed by atoms with van der Waals surface area (Å²) in [6.07, 6.45) is 4.17. The minimum Gasteiger partial charge on any atom is -0.481 e. The van der Waals surface area contributed by atoms with Gasteiger partial charge in [0.05, 0.1) is 24.6 Å². The van der Waals surface area contributed by atoms with Crippen LogP contribution in [0.2, 0.25) is 0 Å². The van der Waals surface area contributed by atoms with E-state index in [0.29, 0.717) is 13.0 Å². The van der Waals surface area contributed by atoms with Crippen LogP contribution >= 0.6 is 0 Å². The molecule has 0 bridgehead atoms. The molecular formula is C13H20N4O4. The number of hydrogen-bond acceptors (Lipinski definition) is 4. The zero-order chi connectivity index (χ0) is 15.2. The van der Waals surface area contributed by atoms with E-state index in [9.17, 15) is 9.59 Å². The topological polar surface area (TPSA) is 105 Å². The highest BCUT2D eigenvalue weighted by Gasteiger charge is 2.44. The van der Waals surface area contributed by atoms with Crippen molar-refractivity contribution in [1.29, 1.82) is 0 Å². The van der Waals surface area contributed by atoms with Gasteiger partial charge in [-0.05, 0) is 19.4 Å². The molecule has 0 aromatic carbocycles. The standard InChI is InChI=1S/C13H20N4O4/c1-2-21-10-8-9(12(10)17-7-3-5-15-17)16-13(20)14-6-4-11(18)19/h3,5,7,9-10,12H,2,4,6,8H2,1H3,(H,18,19)(H2,14,16,20). The second-order valence-electron chi connectivity index (χ2n) is 4.86. The molecule has 21 heavy (non-hydrogen) atoms. The van der Waals surface area contributed by atoms with Gasteiger partial charge in [0.2, 0.25) is 0 Å². The number of carbonyl (C=O) groups is 2. The van der Waals surface area contributed by atoms with Gasteiger partial charge in [0.1, 0.15) is 0 Å².